The maximum atomic E-state index is 13.1. The summed E-state index contributed by atoms with van der Waals surface area (Å²) in [6, 6.07) is 3.65. The summed E-state index contributed by atoms with van der Waals surface area (Å²) in [7, 11) is 0. The molecule has 0 aliphatic carbocycles. The number of thiazole rings is 1. The van der Waals surface area contributed by atoms with Crippen LogP contribution in [-0.4, -0.2) is 37.3 Å². The molecule has 7 heteroatoms. The predicted molar refractivity (Wildman–Crippen MR) is 95.5 cm³/mol. The molecule has 1 atom stereocenters. The number of aromatic amines is 1. The van der Waals surface area contributed by atoms with Crippen LogP contribution in [0.2, 0.25) is 0 Å². The molecule has 4 rings (SSSR count). The first-order valence-corrected chi connectivity index (χ1v) is 9.33. The van der Waals surface area contributed by atoms with Gasteiger partial charge in [0.05, 0.1) is 17.0 Å². The van der Waals surface area contributed by atoms with Crippen molar-refractivity contribution in [2.75, 3.05) is 6.54 Å². The highest BCUT2D eigenvalue weighted by molar-refractivity contribution is 7.09. The smallest absolute Gasteiger partial charge is 0.274 e. The number of rotatable bonds is 4. The first-order valence-electron chi connectivity index (χ1n) is 8.45. The number of carbonyl (C=O) groups excluding carboxylic acids is 1. The minimum atomic E-state index is -0.229. The lowest BCUT2D eigenvalue weighted by atomic mass is 9.96. The lowest BCUT2D eigenvalue weighted by molar-refractivity contribution is 0.0685. The van der Waals surface area contributed by atoms with Gasteiger partial charge in [0.1, 0.15) is 11.7 Å². The molecule has 0 aromatic carbocycles. The van der Waals surface area contributed by atoms with Gasteiger partial charge in [-0.05, 0) is 24.5 Å². The third kappa shape index (κ3) is 2.95. The number of aromatic nitrogens is 4. The summed E-state index contributed by atoms with van der Waals surface area (Å²) in [5, 5.41) is 2.88. The van der Waals surface area contributed by atoms with Gasteiger partial charge in [-0.2, -0.15) is 0 Å². The van der Waals surface area contributed by atoms with Gasteiger partial charge >= 0.3 is 0 Å². The Hall–Kier alpha value is -2.54. The molecule has 1 unspecified atom stereocenters. The number of amides is 1. The number of hydrogen-bond donors (Lipinski definition) is 1. The number of imidazole rings is 1. The Morgan fingerprint density at radius 3 is 3.20 bits per heavy atom. The maximum absolute atomic E-state index is 13.1. The van der Waals surface area contributed by atoms with Gasteiger partial charge in [0, 0.05) is 36.4 Å². The summed E-state index contributed by atoms with van der Waals surface area (Å²) < 4.78 is 0. The van der Waals surface area contributed by atoms with Crippen LogP contribution in [0.3, 0.4) is 0 Å². The zero-order valence-corrected chi connectivity index (χ0v) is 14.8. The molecule has 0 saturated heterocycles. The fraction of sp³-hybridized carbons (Fsp3) is 0.333. The van der Waals surface area contributed by atoms with Crippen LogP contribution in [0.4, 0.5) is 0 Å². The van der Waals surface area contributed by atoms with Crippen molar-refractivity contribution in [3.63, 3.8) is 0 Å². The molecule has 1 aliphatic heterocycles. The van der Waals surface area contributed by atoms with Crippen LogP contribution >= 0.6 is 11.3 Å². The Labute approximate surface area is 150 Å². The molecule has 0 spiro atoms. The second-order valence-electron chi connectivity index (χ2n) is 6.08. The van der Waals surface area contributed by atoms with Crippen LogP contribution in [0.5, 0.6) is 0 Å². The van der Waals surface area contributed by atoms with Gasteiger partial charge in [-0.15, -0.1) is 11.3 Å². The number of aryl methyl sites for hydroxylation is 1. The molecule has 0 saturated carbocycles. The maximum Gasteiger partial charge on any atom is 0.274 e. The van der Waals surface area contributed by atoms with Gasteiger partial charge in [0.2, 0.25) is 0 Å². The molecule has 1 aliphatic rings. The van der Waals surface area contributed by atoms with Gasteiger partial charge in [-0.25, -0.2) is 9.97 Å². The highest BCUT2D eigenvalue weighted by Gasteiger charge is 2.35. The summed E-state index contributed by atoms with van der Waals surface area (Å²) in [4.78, 5) is 31.4. The Morgan fingerprint density at radius 2 is 2.40 bits per heavy atom. The highest BCUT2D eigenvalue weighted by atomic mass is 32.1. The molecule has 0 bridgehead atoms. The van der Waals surface area contributed by atoms with E-state index in [0.29, 0.717) is 12.2 Å². The normalized spacial score (nSPS) is 16.7. The van der Waals surface area contributed by atoms with Crippen molar-refractivity contribution < 1.29 is 4.79 Å². The van der Waals surface area contributed by atoms with Crippen molar-refractivity contribution >= 4 is 17.2 Å². The number of nitrogens with zero attached hydrogens (tertiary/aromatic N) is 4. The van der Waals surface area contributed by atoms with Gasteiger partial charge in [-0.3, -0.25) is 9.78 Å². The molecule has 3 aromatic rings. The fourth-order valence-corrected chi connectivity index (χ4v) is 4.13. The van der Waals surface area contributed by atoms with Crippen LogP contribution < -0.4 is 0 Å². The van der Waals surface area contributed by atoms with E-state index in [2.05, 4.69) is 26.9 Å². The topological polar surface area (TPSA) is 74.8 Å². The molecular weight excluding hydrogens is 334 g/mol. The molecule has 3 aromatic heterocycles. The first kappa shape index (κ1) is 16.0. The Morgan fingerprint density at radius 1 is 1.48 bits per heavy atom. The summed E-state index contributed by atoms with van der Waals surface area (Å²) >= 11 is 1.56. The number of fused-ring (bicyclic) bond motifs is 1. The number of carbonyl (C=O) groups is 1. The van der Waals surface area contributed by atoms with E-state index >= 15 is 0 Å². The van der Waals surface area contributed by atoms with Crippen LogP contribution in [0.25, 0.3) is 0 Å². The molecule has 0 fully saturated rings. The highest BCUT2D eigenvalue weighted by Crippen LogP contribution is 2.34. The average Bonchev–Trinajstić information content (AvgIpc) is 3.30. The summed E-state index contributed by atoms with van der Waals surface area (Å²) in [5.41, 5.74) is 3.48. The summed E-state index contributed by atoms with van der Waals surface area (Å²) in [6.07, 6.45) is 7.95. The number of nitrogens with one attached hydrogen (secondary N) is 1. The van der Waals surface area contributed by atoms with E-state index in [1.54, 1.807) is 30.1 Å². The van der Waals surface area contributed by atoms with E-state index in [0.717, 1.165) is 41.2 Å². The molecule has 4 heterocycles. The molecule has 128 valence electrons. The van der Waals surface area contributed by atoms with E-state index in [-0.39, 0.29) is 11.9 Å². The minimum absolute atomic E-state index is 0.0406. The van der Waals surface area contributed by atoms with Crippen molar-refractivity contribution in [1.29, 1.82) is 0 Å². The van der Waals surface area contributed by atoms with Crippen molar-refractivity contribution in [2.45, 2.75) is 32.2 Å². The fourth-order valence-electron chi connectivity index (χ4n) is 3.26. The lowest BCUT2D eigenvalue weighted by Gasteiger charge is -2.34. The van der Waals surface area contributed by atoms with Gasteiger partial charge < -0.3 is 9.88 Å². The molecule has 1 amide bonds. The molecule has 25 heavy (non-hydrogen) atoms. The third-order valence-electron chi connectivity index (χ3n) is 4.42. The van der Waals surface area contributed by atoms with Gasteiger partial charge in [-0.1, -0.05) is 13.0 Å². The monoisotopic (exact) mass is 353 g/mol. The lowest BCUT2D eigenvalue weighted by Crippen LogP contribution is -2.41. The number of hydrogen-bond acceptors (Lipinski definition) is 5. The Kier molecular flexibility index (Phi) is 4.31. The second kappa shape index (κ2) is 6.76. The number of pyridine rings is 1. The van der Waals surface area contributed by atoms with E-state index < -0.39 is 0 Å². The minimum Gasteiger partial charge on any atom is -0.348 e. The molecule has 0 radical (unpaired) electrons. The Balaban J connectivity index is 1.70. The van der Waals surface area contributed by atoms with Crippen molar-refractivity contribution in [1.82, 2.24) is 24.8 Å². The molecule has 1 N–H and O–H groups in total. The largest absolute Gasteiger partial charge is 0.348 e. The second-order valence-corrected chi connectivity index (χ2v) is 7.02. The third-order valence-corrected chi connectivity index (χ3v) is 5.33. The molecular formula is C18H19N5OS. The predicted octanol–water partition coefficient (Wildman–Crippen LogP) is 3.00. The first-order chi connectivity index (χ1) is 12.3. The van der Waals surface area contributed by atoms with Crippen LogP contribution in [-0.2, 0) is 12.8 Å². The SMILES string of the molecule is CCCc1nc(C(=O)N2CCc3[nH]cnc3C2c2cccnc2)cs1. The zero-order valence-electron chi connectivity index (χ0n) is 14.0. The Bertz CT molecular complexity index is 872. The van der Waals surface area contributed by atoms with Crippen molar-refractivity contribution in [3.05, 3.63) is 63.9 Å². The van der Waals surface area contributed by atoms with E-state index in [1.807, 2.05) is 22.4 Å². The van der Waals surface area contributed by atoms with Crippen LogP contribution in [0.1, 0.15) is 51.8 Å². The quantitative estimate of drug-likeness (QED) is 0.782. The summed E-state index contributed by atoms with van der Waals surface area (Å²) in [6.45, 7) is 2.75. The van der Waals surface area contributed by atoms with Crippen molar-refractivity contribution in [2.24, 2.45) is 0 Å². The van der Waals surface area contributed by atoms with Crippen molar-refractivity contribution in [3.8, 4) is 0 Å². The van der Waals surface area contributed by atoms with Crippen LogP contribution in [0.15, 0.2) is 36.2 Å². The van der Waals surface area contributed by atoms with Gasteiger partial charge in [0.15, 0.2) is 0 Å². The average molecular weight is 353 g/mol. The standard InChI is InChI=1S/C18H19N5OS/c1-2-4-15-22-14(10-25-15)18(24)23-8-6-13-16(21-11-20-13)17(23)12-5-3-7-19-9-12/h3,5,7,9-11,17H,2,4,6,8H2,1H3,(H,20,21). The summed E-state index contributed by atoms with van der Waals surface area (Å²) in [5.74, 6) is -0.0406. The van der Waals surface area contributed by atoms with Gasteiger partial charge in [0.25, 0.3) is 5.91 Å². The van der Waals surface area contributed by atoms with Crippen LogP contribution in [0, 0.1) is 0 Å². The molecule has 6 nitrogen and oxygen atoms in total. The zero-order chi connectivity index (χ0) is 17.2. The van der Waals surface area contributed by atoms with E-state index in [9.17, 15) is 4.79 Å². The number of H-pyrrole nitrogens is 1. The van der Waals surface area contributed by atoms with E-state index in [4.69, 9.17) is 0 Å². The van der Waals surface area contributed by atoms with E-state index in [1.165, 1.54) is 0 Å².